The van der Waals surface area contributed by atoms with Crippen molar-refractivity contribution in [2.24, 2.45) is 0 Å². The van der Waals surface area contributed by atoms with Gasteiger partial charge in [-0.2, -0.15) is 0 Å². The molecule has 0 radical (unpaired) electrons. The fraction of sp³-hybridized carbons (Fsp3) is 0.231. The Balaban J connectivity index is 1.54. The molecule has 188 valence electrons. The first-order chi connectivity index (χ1) is 17.3. The first kappa shape index (κ1) is 25.7. The minimum Gasteiger partial charge on any atom is -0.376 e. The number of rotatable bonds is 9. The van der Waals surface area contributed by atoms with Crippen LogP contribution in [0, 0.1) is 0 Å². The highest BCUT2D eigenvalue weighted by Gasteiger charge is 2.27. The second-order valence-electron chi connectivity index (χ2n) is 8.24. The van der Waals surface area contributed by atoms with E-state index >= 15 is 0 Å². The molecule has 0 aliphatic carbocycles. The van der Waals surface area contributed by atoms with Crippen LogP contribution in [0.1, 0.15) is 23.2 Å². The number of anilines is 2. The third kappa shape index (κ3) is 6.23. The molecule has 1 atom stereocenters. The molecule has 2 amide bonds. The number of ether oxygens (including phenoxy) is 1. The van der Waals surface area contributed by atoms with E-state index in [0.717, 1.165) is 17.1 Å². The van der Waals surface area contributed by atoms with Crippen LogP contribution in [0.15, 0.2) is 83.8 Å². The van der Waals surface area contributed by atoms with E-state index in [-0.39, 0.29) is 33.8 Å². The molecule has 0 saturated carbocycles. The van der Waals surface area contributed by atoms with Crippen LogP contribution in [0.4, 0.5) is 11.4 Å². The lowest BCUT2D eigenvalue weighted by Gasteiger charge is -2.24. The van der Waals surface area contributed by atoms with E-state index in [2.05, 4.69) is 10.6 Å². The zero-order valence-corrected chi connectivity index (χ0v) is 21.0. The van der Waals surface area contributed by atoms with Crippen LogP contribution in [-0.2, 0) is 19.6 Å². The average molecular weight is 528 g/mol. The quantitative estimate of drug-likeness (QED) is 0.436. The first-order valence-electron chi connectivity index (χ1n) is 11.5. The van der Waals surface area contributed by atoms with Crippen molar-refractivity contribution in [3.63, 3.8) is 0 Å². The molecular formula is C26H26ClN3O5S. The molecule has 36 heavy (non-hydrogen) atoms. The van der Waals surface area contributed by atoms with E-state index in [4.69, 9.17) is 16.3 Å². The molecule has 3 aromatic rings. The van der Waals surface area contributed by atoms with Gasteiger partial charge < -0.3 is 15.4 Å². The Hall–Kier alpha value is -3.40. The summed E-state index contributed by atoms with van der Waals surface area (Å²) in [6, 6.07) is 20.6. The number of halogens is 1. The maximum atomic E-state index is 13.4. The standard InChI is InChI=1S/C26H26ClN3O5S/c27-19-12-14-20(15-13-19)30(36(33,34)22-8-2-1-3-9-22)18-25(31)29-24-11-5-4-10-23(24)26(32)28-17-21-7-6-16-35-21/h1-5,8-15,21H,6-7,16-18H2,(H,28,32)(H,29,31)/t21-/m1/s1. The third-order valence-electron chi connectivity index (χ3n) is 5.69. The lowest BCUT2D eigenvalue weighted by atomic mass is 10.1. The van der Waals surface area contributed by atoms with Crippen molar-refractivity contribution in [3.05, 3.63) is 89.4 Å². The highest BCUT2D eigenvalue weighted by atomic mass is 35.5. The SMILES string of the molecule is O=C(CN(c1ccc(Cl)cc1)S(=O)(=O)c1ccccc1)Nc1ccccc1C(=O)NC[C@H]1CCCO1. The Morgan fingerprint density at radius 3 is 2.36 bits per heavy atom. The van der Waals surface area contributed by atoms with Gasteiger partial charge >= 0.3 is 0 Å². The fourth-order valence-electron chi connectivity index (χ4n) is 3.86. The lowest BCUT2D eigenvalue weighted by Crippen LogP contribution is -2.38. The number of nitrogens with zero attached hydrogens (tertiary/aromatic N) is 1. The summed E-state index contributed by atoms with van der Waals surface area (Å²) in [7, 11) is -4.06. The predicted molar refractivity (Wildman–Crippen MR) is 139 cm³/mol. The van der Waals surface area contributed by atoms with Gasteiger partial charge in [0.1, 0.15) is 6.54 Å². The summed E-state index contributed by atoms with van der Waals surface area (Å²) in [6.07, 6.45) is 1.82. The molecule has 0 aromatic heterocycles. The summed E-state index contributed by atoms with van der Waals surface area (Å²) >= 11 is 5.98. The van der Waals surface area contributed by atoms with E-state index in [1.165, 1.54) is 24.3 Å². The molecule has 4 rings (SSSR count). The highest BCUT2D eigenvalue weighted by molar-refractivity contribution is 7.92. The number of carbonyl (C=O) groups is 2. The number of sulfonamides is 1. The molecule has 3 aromatic carbocycles. The zero-order chi connectivity index (χ0) is 25.5. The molecule has 1 fully saturated rings. The highest BCUT2D eigenvalue weighted by Crippen LogP contribution is 2.25. The summed E-state index contributed by atoms with van der Waals surface area (Å²) in [5, 5.41) is 5.96. The minimum atomic E-state index is -4.06. The normalized spacial score (nSPS) is 15.3. The number of para-hydroxylation sites is 1. The van der Waals surface area contributed by atoms with Gasteiger partial charge in [-0.3, -0.25) is 13.9 Å². The van der Waals surface area contributed by atoms with Gasteiger partial charge in [-0.1, -0.05) is 41.9 Å². The van der Waals surface area contributed by atoms with E-state index in [9.17, 15) is 18.0 Å². The van der Waals surface area contributed by atoms with Crippen LogP contribution >= 0.6 is 11.6 Å². The first-order valence-corrected chi connectivity index (χ1v) is 13.3. The maximum absolute atomic E-state index is 13.4. The molecule has 2 N–H and O–H groups in total. The van der Waals surface area contributed by atoms with Crippen molar-refractivity contribution in [3.8, 4) is 0 Å². The molecule has 0 unspecified atom stereocenters. The second kappa shape index (κ2) is 11.6. The van der Waals surface area contributed by atoms with Crippen molar-refractivity contribution in [1.29, 1.82) is 0 Å². The van der Waals surface area contributed by atoms with Crippen LogP contribution < -0.4 is 14.9 Å². The fourth-order valence-corrected chi connectivity index (χ4v) is 5.43. The van der Waals surface area contributed by atoms with Crippen molar-refractivity contribution in [2.45, 2.75) is 23.8 Å². The summed E-state index contributed by atoms with van der Waals surface area (Å²) in [4.78, 5) is 25.9. The zero-order valence-electron chi connectivity index (χ0n) is 19.4. The van der Waals surface area contributed by atoms with Crippen molar-refractivity contribution in [2.75, 3.05) is 29.3 Å². The number of benzene rings is 3. The lowest BCUT2D eigenvalue weighted by molar-refractivity contribution is -0.114. The van der Waals surface area contributed by atoms with Gasteiger partial charge in [0.05, 0.1) is 27.9 Å². The number of nitrogens with one attached hydrogen (secondary N) is 2. The van der Waals surface area contributed by atoms with E-state index in [1.807, 2.05) is 0 Å². The minimum absolute atomic E-state index is 0.0215. The van der Waals surface area contributed by atoms with Gasteiger partial charge in [-0.15, -0.1) is 0 Å². The third-order valence-corrected chi connectivity index (χ3v) is 7.73. The monoisotopic (exact) mass is 527 g/mol. The van der Waals surface area contributed by atoms with E-state index < -0.39 is 22.5 Å². The molecule has 1 aliphatic rings. The van der Waals surface area contributed by atoms with Gasteiger partial charge in [0, 0.05) is 18.2 Å². The largest absolute Gasteiger partial charge is 0.376 e. The summed E-state index contributed by atoms with van der Waals surface area (Å²) < 4.78 is 33.4. The van der Waals surface area contributed by atoms with Gasteiger partial charge in [0.25, 0.3) is 15.9 Å². The average Bonchev–Trinajstić information content (AvgIpc) is 3.41. The predicted octanol–water partition coefficient (Wildman–Crippen LogP) is 4.08. The van der Waals surface area contributed by atoms with E-state index in [1.54, 1.807) is 54.6 Å². The molecule has 0 bridgehead atoms. The molecule has 1 saturated heterocycles. The van der Waals surface area contributed by atoms with E-state index in [0.29, 0.717) is 18.2 Å². The Labute approximate surface area is 215 Å². The van der Waals surface area contributed by atoms with Crippen molar-refractivity contribution >= 4 is 44.8 Å². The Bertz CT molecular complexity index is 1310. The van der Waals surface area contributed by atoms with Crippen LogP contribution in [0.5, 0.6) is 0 Å². The smallest absolute Gasteiger partial charge is 0.264 e. The Kier molecular flexibility index (Phi) is 8.25. The molecule has 1 heterocycles. The van der Waals surface area contributed by atoms with Crippen molar-refractivity contribution in [1.82, 2.24) is 5.32 Å². The van der Waals surface area contributed by atoms with Crippen molar-refractivity contribution < 1.29 is 22.7 Å². The van der Waals surface area contributed by atoms with Crippen LogP contribution in [0.3, 0.4) is 0 Å². The maximum Gasteiger partial charge on any atom is 0.264 e. The Morgan fingerprint density at radius 1 is 0.972 bits per heavy atom. The van der Waals surface area contributed by atoms with Gasteiger partial charge in [0.15, 0.2) is 0 Å². The molecule has 1 aliphatic heterocycles. The topological polar surface area (TPSA) is 105 Å². The van der Waals surface area contributed by atoms with Crippen LogP contribution in [0.25, 0.3) is 0 Å². The Morgan fingerprint density at radius 2 is 1.67 bits per heavy atom. The molecule has 0 spiro atoms. The molecular weight excluding hydrogens is 502 g/mol. The summed E-state index contributed by atoms with van der Waals surface area (Å²) in [5.74, 6) is -0.961. The van der Waals surface area contributed by atoms with Gasteiger partial charge in [-0.05, 0) is 61.4 Å². The van der Waals surface area contributed by atoms with Gasteiger partial charge in [0.2, 0.25) is 5.91 Å². The van der Waals surface area contributed by atoms with Crippen LogP contribution in [0.2, 0.25) is 5.02 Å². The molecule has 10 heteroatoms. The van der Waals surface area contributed by atoms with Gasteiger partial charge in [-0.25, -0.2) is 8.42 Å². The number of carbonyl (C=O) groups excluding carboxylic acids is 2. The number of hydrogen-bond donors (Lipinski definition) is 2. The number of hydrogen-bond acceptors (Lipinski definition) is 5. The summed E-state index contributed by atoms with van der Waals surface area (Å²) in [6.45, 7) is 0.550. The second-order valence-corrected chi connectivity index (χ2v) is 10.5. The van der Waals surface area contributed by atoms with Crippen LogP contribution in [-0.4, -0.2) is 46.0 Å². The number of amides is 2. The molecule has 8 nitrogen and oxygen atoms in total. The summed E-state index contributed by atoms with van der Waals surface area (Å²) in [5.41, 5.74) is 0.828.